The zero-order valence-electron chi connectivity index (χ0n) is 15.8. The van der Waals surface area contributed by atoms with Gasteiger partial charge >= 0.3 is 5.97 Å². The summed E-state index contributed by atoms with van der Waals surface area (Å²) in [4.78, 5) is 12.2. The van der Waals surface area contributed by atoms with E-state index in [2.05, 4.69) is 6.07 Å². The zero-order chi connectivity index (χ0) is 19.9. The van der Waals surface area contributed by atoms with Crippen molar-refractivity contribution in [2.75, 3.05) is 20.8 Å². The monoisotopic (exact) mass is 379 g/mol. The van der Waals surface area contributed by atoms with E-state index in [1.54, 1.807) is 37.5 Å². The Labute approximate surface area is 163 Å². The summed E-state index contributed by atoms with van der Waals surface area (Å²) >= 11 is 0. The highest BCUT2D eigenvalue weighted by molar-refractivity contribution is 5.92. The molecular formula is C22H21NO5. The maximum absolute atomic E-state index is 12.2. The minimum atomic E-state index is -0.528. The van der Waals surface area contributed by atoms with Crippen LogP contribution in [0.25, 0.3) is 11.6 Å². The zero-order valence-corrected chi connectivity index (χ0v) is 15.8. The van der Waals surface area contributed by atoms with Crippen LogP contribution in [0.3, 0.4) is 0 Å². The molecule has 6 nitrogen and oxygen atoms in total. The van der Waals surface area contributed by atoms with E-state index in [1.165, 1.54) is 7.11 Å². The summed E-state index contributed by atoms with van der Waals surface area (Å²) in [5.74, 6) is 0.906. The van der Waals surface area contributed by atoms with E-state index in [0.717, 1.165) is 12.0 Å². The second-order valence-electron chi connectivity index (χ2n) is 6.20. The van der Waals surface area contributed by atoms with Gasteiger partial charge in [-0.1, -0.05) is 18.2 Å². The normalized spacial score (nSPS) is 16.3. The molecule has 2 aromatic carbocycles. The van der Waals surface area contributed by atoms with Gasteiger partial charge in [-0.25, -0.2) is 4.79 Å². The lowest BCUT2D eigenvalue weighted by atomic mass is 10.0. The van der Waals surface area contributed by atoms with Gasteiger partial charge < -0.3 is 18.9 Å². The Bertz CT molecular complexity index is 923. The molecule has 6 heteroatoms. The number of carbonyl (C=O) groups excluding carboxylic acids is 1. The van der Waals surface area contributed by atoms with Crippen molar-refractivity contribution in [2.24, 2.45) is 0 Å². The first-order valence-electron chi connectivity index (χ1n) is 8.92. The molecule has 1 saturated heterocycles. The number of ether oxygens (including phenoxy) is 4. The van der Waals surface area contributed by atoms with Gasteiger partial charge in [0.15, 0.2) is 17.6 Å². The van der Waals surface area contributed by atoms with Gasteiger partial charge in [-0.3, -0.25) is 0 Å². The summed E-state index contributed by atoms with van der Waals surface area (Å²) < 4.78 is 21.5. The van der Waals surface area contributed by atoms with Crippen LogP contribution < -0.4 is 14.2 Å². The van der Waals surface area contributed by atoms with Gasteiger partial charge in [-0.2, -0.15) is 5.26 Å². The summed E-state index contributed by atoms with van der Waals surface area (Å²) in [6.07, 6.45) is 2.71. The van der Waals surface area contributed by atoms with Crippen LogP contribution in [0.1, 0.15) is 24.0 Å². The van der Waals surface area contributed by atoms with Crippen LogP contribution in [-0.4, -0.2) is 32.9 Å². The quantitative estimate of drug-likeness (QED) is 0.328. The summed E-state index contributed by atoms with van der Waals surface area (Å²) in [7, 11) is 3.06. The fourth-order valence-corrected chi connectivity index (χ4v) is 3.00. The molecule has 1 aliphatic rings. The molecule has 0 spiro atoms. The number of carbonyl (C=O) groups is 1. The van der Waals surface area contributed by atoms with Gasteiger partial charge in [0.05, 0.1) is 25.9 Å². The number of benzene rings is 2. The van der Waals surface area contributed by atoms with Crippen LogP contribution in [0.5, 0.6) is 17.2 Å². The summed E-state index contributed by atoms with van der Waals surface area (Å²) in [6.45, 7) is 0.570. The highest BCUT2D eigenvalue weighted by Gasteiger charge is 2.26. The first kappa shape index (κ1) is 19.5. The van der Waals surface area contributed by atoms with Crippen molar-refractivity contribution in [3.05, 3.63) is 53.6 Å². The molecule has 1 atom stereocenters. The van der Waals surface area contributed by atoms with Crippen LogP contribution in [0.2, 0.25) is 0 Å². The van der Waals surface area contributed by atoms with Crippen molar-refractivity contribution < 1.29 is 23.7 Å². The van der Waals surface area contributed by atoms with Gasteiger partial charge in [0, 0.05) is 12.2 Å². The molecular weight excluding hydrogens is 358 g/mol. The first-order valence-corrected chi connectivity index (χ1v) is 8.92. The molecule has 1 unspecified atom stereocenters. The molecule has 1 aliphatic heterocycles. The van der Waals surface area contributed by atoms with E-state index in [1.807, 2.05) is 18.2 Å². The predicted octanol–water partition coefficient (Wildman–Crippen LogP) is 3.85. The van der Waals surface area contributed by atoms with Crippen molar-refractivity contribution in [3.63, 3.8) is 0 Å². The van der Waals surface area contributed by atoms with Gasteiger partial charge in [-0.15, -0.1) is 0 Å². The molecule has 0 aliphatic carbocycles. The highest BCUT2D eigenvalue weighted by Crippen LogP contribution is 2.32. The summed E-state index contributed by atoms with van der Waals surface area (Å²) in [5, 5.41) is 9.59. The molecule has 0 aromatic heterocycles. The van der Waals surface area contributed by atoms with Gasteiger partial charge in [-0.05, 0) is 48.7 Å². The van der Waals surface area contributed by atoms with E-state index in [4.69, 9.17) is 18.9 Å². The van der Waals surface area contributed by atoms with E-state index >= 15 is 0 Å². The molecule has 0 N–H and O–H groups in total. The lowest BCUT2D eigenvalue weighted by Gasteiger charge is -2.13. The molecule has 0 amide bonds. The average Bonchev–Trinajstić information content (AvgIpc) is 3.28. The van der Waals surface area contributed by atoms with Crippen LogP contribution in [0.15, 0.2) is 42.5 Å². The largest absolute Gasteiger partial charge is 0.496 e. The maximum Gasteiger partial charge on any atom is 0.340 e. The van der Waals surface area contributed by atoms with Crippen LogP contribution in [0, 0.1) is 11.3 Å². The Morgan fingerprint density at radius 2 is 1.93 bits per heavy atom. The van der Waals surface area contributed by atoms with Gasteiger partial charge in [0.1, 0.15) is 5.75 Å². The second kappa shape index (κ2) is 9.07. The molecule has 1 heterocycles. The molecule has 2 aromatic rings. The first-order chi connectivity index (χ1) is 13.7. The number of hydrogen-bond acceptors (Lipinski definition) is 6. The number of rotatable bonds is 6. The Hall–Kier alpha value is -3.30. The Balaban J connectivity index is 1.87. The molecule has 144 valence electrons. The highest BCUT2D eigenvalue weighted by atomic mass is 16.6. The summed E-state index contributed by atoms with van der Waals surface area (Å²) in [5.41, 5.74) is 1.88. The fraction of sp³-hybridized carbons (Fsp3) is 0.273. The van der Waals surface area contributed by atoms with Crippen LogP contribution >= 0.6 is 0 Å². The third-order valence-corrected chi connectivity index (χ3v) is 4.42. The number of para-hydroxylation sites is 1. The number of allylic oxidation sites excluding steroid dienone is 1. The molecule has 0 radical (unpaired) electrons. The standard InChI is InChI=1S/C22H21NO5/c1-25-18-7-4-3-6-17(18)16(14-23)12-15-9-10-19(21(13-15)26-2)28-22(24)20-8-5-11-27-20/h3-4,6-7,9-10,12-13,20H,5,8,11H2,1-2H3/b16-12-. The smallest absolute Gasteiger partial charge is 0.340 e. The van der Waals surface area contributed by atoms with Gasteiger partial charge in [0.2, 0.25) is 0 Å². The minimum absolute atomic E-state index is 0.316. The average molecular weight is 379 g/mol. The van der Waals surface area contributed by atoms with E-state index in [-0.39, 0.29) is 0 Å². The maximum atomic E-state index is 12.2. The SMILES string of the molecule is COc1cc(/C=C(/C#N)c2ccccc2OC)ccc1OC(=O)C1CCCO1. The topological polar surface area (TPSA) is 77.8 Å². The van der Waals surface area contributed by atoms with Crippen molar-refractivity contribution >= 4 is 17.6 Å². The molecule has 1 fully saturated rings. The lowest BCUT2D eigenvalue weighted by Crippen LogP contribution is -2.24. The van der Waals surface area contributed by atoms with Crippen LogP contribution in [-0.2, 0) is 9.53 Å². The van der Waals surface area contributed by atoms with Crippen molar-refractivity contribution in [1.29, 1.82) is 5.26 Å². The third kappa shape index (κ3) is 4.33. The number of esters is 1. The fourth-order valence-electron chi connectivity index (χ4n) is 3.00. The van der Waals surface area contributed by atoms with Crippen molar-refractivity contribution in [1.82, 2.24) is 0 Å². The van der Waals surface area contributed by atoms with Gasteiger partial charge in [0.25, 0.3) is 0 Å². The van der Waals surface area contributed by atoms with E-state index in [9.17, 15) is 10.1 Å². The Morgan fingerprint density at radius 3 is 2.61 bits per heavy atom. The minimum Gasteiger partial charge on any atom is -0.496 e. The number of methoxy groups -OCH3 is 2. The van der Waals surface area contributed by atoms with Crippen molar-refractivity contribution in [2.45, 2.75) is 18.9 Å². The molecule has 0 bridgehead atoms. The molecule has 3 rings (SSSR count). The third-order valence-electron chi connectivity index (χ3n) is 4.42. The Kier molecular flexibility index (Phi) is 6.30. The van der Waals surface area contributed by atoms with E-state index < -0.39 is 12.1 Å². The number of hydrogen-bond donors (Lipinski definition) is 0. The number of nitriles is 1. The second-order valence-corrected chi connectivity index (χ2v) is 6.20. The lowest BCUT2D eigenvalue weighted by molar-refractivity contribution is -0.144. The molecule has 28 heavy (non-hydrogen) atoms. The molecule has 0 saturated carbocycles. The van der Waals surface area contributed by atoms with Crippen molar-refractivity contribution in [3.8, 4) is 23.3 Å². The van der Waals surface area contributed by atoms with E-state index in [0.29, 0.717) is 41.4 Å². The number of nitrogens with zero attached hydrogens (tertiary/aromatic N) is 1. The predicted molar refractivity (Wildman–Crippen MR) is 104 cm³/mol. The van der Waals surface area contributed by atoms with Crippen LogP contribution in [0.4, 0.5) is 0 Å². The Morgan fingerprint density at radius 1 is 1.14 bits per heavy atom. The summed E-state index contributed by atoms with van der Waals surface area (Å²) in [6, 6.07) is 14.6.